The average Bonchev–Trinajstić information content (AvgIpc) is 2.71. The molecule has 0 saturated carbocycles. The Hall–Kier alpha value is -2.87. The van der Waals surface area contributed by atoms with Gasteiger partial charge < -0.3 is 5.11 Å². The molecule has 0 aliphatic heterocycles. The van der Waals surface area contributed by atoms with Crippen LogP contribution in [0.5, 0.6) is 5.75 Å². The molecule has 0 spiro atoms. The van der Waals surface area contributed by atoms with E-state index in [-0.39, 0.29) is 16.7 Å². The summed E-state index contributed by atoms with van der Waals surface area (Å²) in [5.74, 6) is 0.548. The quantitative estimate of drug-likeness (QED) is 0.433. The lowest BCUT2D eigenvalue weighted by Crippen LogP contribution is -2.17. The fourth-order valence-electron chi connectivity index (χ4n) is 3.79. The first kappa shape index (κ1) is 22.8. The van der Waals surface area contributed by atoms with Gasteiger partial charge in [0.1, 0.15) is 5.75 Å². The fourth-order valence-corrected chi connectivity index (χ4v) is 3.79. The maximum atomic E-state index is 11.1. The lowest BCUT2D eigenvalue weighted by molar-refractivity contribution is 0.444. The van der Waals surface area contributed by atoms with Gasteiger partial charge in [-0.25, -0.2) is 0 Å². The van der Waals surface area contributed by atoms with Gasteiger partial charge in [0.15, 0.2) is 0 Å². The Morgan fingerprint density at radius 1 is 0.806 bits per heavy atom. The summed E-state index contributed by atoms with van der Waals surface area (Å²) in [7, 11) is 0. The third-order valence-electron chi connectivity index (χ3n) is 5.86. The smallest absolute Gasteiger partial charge is 0.128 e. The van der Waals surface area contributed by atoms with Crippen molar-refractivity contribution in [3.05, 3.63) is 94.5 Å². The van der Waals surface area contributed by atoms with Crippen molar-refractivity contribution in [3.8, 4) is 5.75 Å². The van der Waals surface area contributed by atoms with Gasteiger partial charge in [0.05, 0.1) is 5.69 Å². The molecule has 0 bridgehead atoms. The molecule has 1 N–H and O–H groups in total. The molecule has 3 aromatic carbocycles. The molecular formula is C29H35NO. The van der Waals surface area contributed by atoms with Crippen molar-refractivity contribution in [1.29, 1.82) is 0 Å². The molecule has 0 aliphatic carbocycles. The van der Waals surface area contributed by atoms with Gasteiger partial charge in [-0.15, -0.1) is 0 Å². The predicted molar refractivity (Wildman–Crippen MR) is 133 cm³/mol. The second kappa shape index (κ2) is 8.70. The van der Waals surface area contributed by atoms with Crippen LogP contribution in [0.25, 0.3) is 0 Å². The molecule has 162 valence electrons. The van der Waals surface area contributed by atoms with Crippen molar-refractivity contribution in [1.82, 2.24) is 0 Å². The molecule has 0 aliphatic rings. The highest BCUT2D eigenvalue weighted by atomic mass is 16.3. The normalized spacial score (nSPS) is 13.5. The minimum absolute atomic E-state index is 0.0178. The zero-order valence-electron chi connectivity index (χ0n) is 19.9. The number of aromatic hydroxyl groups is 1. The summed E-state index contributed by atoms with van der Waals surface area (Å²) in [6.07, 6.45) is 1.82. The van der Waals surface area contributed by atoms with Crippen molar-refractivity contribution in [3.63, 3.8) is 0 Å². The zero-order chi connectivity index (χ0) is 22.8. The Balaban J connectivity index is 2.07. The molecule has 0 fully saturated rings. The van der Waals surface area contributed by atoms with Crippen LogP contribution in [-0.4, -0.2) is 11.3 Å². The highest BCUT2D eigenvalue weighted by Crippen LogP contribution is 2.38. The Morgan fingerprint density at radius 2 is 1.42 bits per heavy atom. The summed E-state index contributed by atoms with van der Waals surface area (Å²) in [6, 6.07) is 22.9. The highest BCUT2D eigenvalue weighted by Gasteiger charge is 2.24. The number of rotatable bonds is 4. The van der Waals surface area contributed by atoms with Crippen LogP contribution in [0.15, 0.2) is 71.7 Å². The largest absolute Gasteiger partial charge is 0.507 e. The van der Waals surface area contributed by atoms with Crippen molar-refractivity contribution in [2.24, 2.45) is 4.99 Å². The van der Waals surface area contributed by atoms with E-state index in [1.54, 1.807) is 0 Å². The molecule has 2 heteroatoms. The van der Waals surface area contributed by atoms with E-state index in [2.05, 4.69) is 97.0 Å². The Labute approximate surface area is 187 Å². The third-order valence-corrected chi connectivity index (χ3v) is 5.86. The van der Waals surface area contributed by atoms with Gasteiger partial charge >= 0.3 is 0 Å². The molecule has 1 unspecified atom stereocenters. The van der Waals surface area contributed by atoms with Gasteiger partial charge in [-0.05, 0) is 39.7 Å². The molecule has 0 radical (unpaired) electrons. The van der Waals surface area contributed by atoms with E-state index < -0.39 is 0 Å². The van der Waals surface area contributed by atoms with Crippen LogP contribution >= 0.6 is 0 Å². The van der Waals surface area contributed by atoms with E-state index in [1.807, 2.05) is 24.4 Å². The van der Waals surface area contributed by atoms with E-state index >= 15 is 0 Å². The molecular weight excluding hydrogens is 378 g/mol. The second-order valence-electron chi connectivity index (χ2n) is 10.4. The number of hydrogen-bond acceptors (Lipinski definition) is 2. The summed E-state index contributed by atoms with van der Waals surface area (Å²) in [5.41, 5.74) is 6.10. The molecule has 0 amide bonds. The summed E-state index contributed by atoms with van der Waals surface area (Å²) < 4.78 is 0. The molecule has 0 heterocycles. The maximum Gasteiger partial charge on any atom is 0.128 e. The first-order valence-electron chi connectivity index (χ1n) is 11.0. The lowest BCUT2D eigenvalue weighted by atomic mass is 9.79. The first-order chi connectivity index (χ1) is 14.5. The zero-order valence-corrected chi connectivity index (χ0v) is 19.9. The van der Waals surface area contributed by atoms with Crippen molar-refractivity contribution in [2.75, 3.05) is 0 Å². The van der Waals surface area contributed by atoms with E-state index in [4.69, 9.17) is 4.99 Å². The van der Waals surface area contributed by atoms with Crippen LogP contribution in [0.4, 0.5) is 5.69 Å². The Morgan fingerprint density at radius 3 is 2.03 bits per heavy atom. The van der Waals surface area contributed by atoms with Gasteiger partial charge in [0.2, 0.25) is 0 Å². The minimum atomic E-state index is -0.159. The third kappa shape index (κ3) is 5.25. The van der Waals surface area contributed by atoms with Crippen molar-refractivity contribution in [2.45, 2.75) is 65.2 Å². The van der Waals surface area contributed by atoms with Crippen LogP contribution in [0.3, 0.4) is 0 Å². The van der Waals surface area contributed by atoms with Crippen molar-refractivity contribution >= 4 is 11.9 Å². The average molecular weight is 414 g/mol. The lowest BCUT2D eigenvalue weighted by Gasteiger charge is -2.27. The summed E-state index contributed by atoms with van der Waals surface area (Å²) >= 11 is 0. The number of nitrogens with zero attached hydrogens (tertiary/aromatic N) is 1. The first-order valence-corrected chi connectivity index (χ1v) is 11.0. The summed E-state index contributed by atoms with van der Waals surface area (Å²) in [6.45, 7) is 15.2. The van der Waals surface area contributed by atoms with Crippen LogP contribution in [0.1, 0.15) is 82.2 Å². The van der Waals surface area contributed by atoms with Gasteiger partial charge in [-0.2, -0.15) is 0 Å². The number of benzene rings is 3. The van der Waals surface area contributed by atoms with E-state index in [9.17, 15) is 5.11 Å². The number of aliphatic imine (C=N–C) groups is 1. The summed E-state index contributed by atoms with van der Waals surface area (Å²) in [5, 5.41) is 11.1. The van der Waals surface area contributed by atoms with Crippen molar-refractivity contribution < 1.29 is 5.11 Å². The molecule has 0 aromatic heterocycles. The van der Waals surface area contributed by atoms with E-state index in [0.29, 0.717) is 5.75 Å². The maximum absolute atomic E-state index is 11.1. The minimum Gasteiger partial charge on any atom is -0.507 e. The van der Waals surface area contributed by atoms with Crippen LogP contribution in [-0.2, 0) is 10.8 Å². The fraction of sp³-hybridized carbons (Fsp3) is 0.345. The topological polar surface area (TPSA) is 32.6 Å². The standard InChI is InChI=1S/C29H35NO/c1-20(21-13-9-8-10-14-21)24-15-11-12-16-26(24)30-19-22-17-23(28(2,3)4)18-25(27(22)31)29(5,6)7/h8-20,31H,1-7H3/b30-19+. The van der Waals surface area contributed by atoms with E-state index in [1.165, 1.54) is 16.7 Å². The number of para-hydroxylation sites is 1. The highest BCUT2D eigenvalue weighted by molar-refractivity contribution is 5.87. The molecule has 2 nitrogen and oxygen atoms in total. The van der Waals surface area contributed by atoms with Gasteiger partial charge in [0.25, 0.3) is 0 Å². The number of phenols is 1. The SMILES string of the molecule is CC(c1ccccc1)c1ccccc1/N=C/c1cc(C(C)(C)C)cc(C(C)(C)C)c1O. The monoisotopic (exact) mass is 413 g/mol. The molecule has 31 heavy (non-hydrogen) atoms. The number of phenolic OH excluding ortho intramolecular Hbond substituents is 1. The van der Waals surface area contributed by atoms with Crippen LogP contribution in [0.2, 0.25) is 0 Å². The molecule has 0 saturated heterocycles. The van der Waals surface area contributed by atoms with Gasteiger partial charge in [0, 0.05) is 23.3 Å². The second-order valence-corrected chi connectivity index (χ2v) is 10.4. The van der Waals surface area contributed by atoms with Gasteiger partial charge in [-0.1, -0.05) is 103 Å². The van der Waals surface area contributed by atoms with E-state index in [0.717, 1.165) is 16.8 Å². The Kier molecular flexibility index (Phi) is 6.40. The molecule has 3 rings (SSSR count). The van der Waals surface area contributed by atoms with Crippen LogP contribution in [0, 0.1) is 0 Å². The summed E-state index contributed by atoms with van der Waals surface area (Å²) in [4.78, 5) is 4.85. The van der Waals surface area contributed by atoms with Crippen LogP contribution < -0.4 is 0 Å². The molecule has 3 aromatic rings. The Bertz CT molecular complexity index is 1070. The van der Waals surface area contributed by atoms with Gasteiger partial charge in [-0.3, -0.25) is 4.99 Å². The predicted octanol–water partition coefficient (Wildman–Crippen LogP) is 7.89. The molecule has 1 atom stereocenters. The number of hydrogen-bond donors (Lipinski definition) is 1.